The van der Waals surface area contributed by atoms with Gasteiger partial charge in [-0.15, -0.1) is 5.10 Å². The largest absolute Gasteiger partial charge is 0.468 e. The van der Waals surface area contributed by atoms with Gasteiger partial charge >= 0.3 is 5.97 Å². The molecule has 0 aliphatic rings. The number of esters is 1. The quantitative estimate of drug-likeness (QED) is 0.429. The van der Waals surface area contributed by atoms with Crippen LogP contribution in [-0.4, -0.2) is 29.4 Å². The maximum absolute atomic E-state index is 12.4. The van der Waals surface area contributed by atoms with Crippen LogP contribution in [0.1, 0.15) is 16.1 Å². The molecule has 4 aromatic rings. The summed E-state index contributed by atoms with van der Waals surface area (Å²) in [6, 6.07) is 15.2. The van der Waals surface area contributed by atoms with Crippen molar-refractivity contribution < 1.29 is 22.4 Å². The molecule has 158 valence electrons. The van der Waals surface area contributed by atoms with Crippen LogP contribution in [0.25, 0.3) is 10.9 Å². The Kier molecular flexibility index (Phi) is 5.60. The van der Waals surface area contributed by atoms with E-state index in [1.54, 1.807) is 36.4 Å². The smallest absolute Gasteiger partial charge is 0.339 e. The van der Waals surface area contributed by atoms with Gasteiger partial charge in [-0.25, -0.2) is 17.9 Å². The maximum Gasteiger partial charge on any atom is 0.339 e. The van der Waals surface area contributed by atoms with Crippen molar-refractivity contribution in [1.29, 1.82) is 0 Å². The number of rotatable bonds is 7. The molecule has 0 amide bonds. The zero-order valence-electron chi connectivity index (χ0n) is 16.0. The van der Waals surface area contributed by atoms with Crippen molar-refractivity contribution >= 4 is 26.9 Å². The van der Waals surface area contributed by atoms with Gasteiger partial charge in [-0.2, -0.15) is 4.68 Å². The number of hydrogen-bond acceptors (Lipinski definition) is 8. The highest BCUT2D eigenvalue weighted by Crippen LogP contribution is 2.13. The van der Waals surface area contributed by atoms with Crippen LogP contribution in [0.5, 0.6) is 0 Å². The fourth-order valence-electron chi connectivity index (χ4n) is 2.74. The molecule has 1 N–H and O–H groups in total. The average Bonchev–Trinajstić information content (AvgIpc) is 3.31. The molecule has 0 bridgehead atoms. The molecule has 10 nitrogen and oxygen atoms in total. The van der Waals surface area contributed by atoms with Crippen molar-refractivity contribution in [3.05, 3.63) is 88.6 Å². The van der Waals surface area contributed by atoms with Gasteiger partial charge in [0.15, 0.2) is 6.73 Å². The van der Waals surface area contributed by atoms with E-state index in [-0.39, 0.29) is 17.0 Å². The first kappa shape index (κ1) is 20.4. The first-order valence-electron chi connectivity index (χ1n) is 9.06. The van der Waals surface area contributed by atoms with Crippen LogP contribution < -0.4 is 10.3 Å². The minimum Gasteiger partial charge on any atom is -0.468 e. The van der Waals surface area contributed by atoms with E-state index in [2.05, 4.69) is 15.0 Å². The number of fused-ring (bicyclic) bond motifs is 1. The highest BCUT2D eigenvalue weighted by molar-refractivity contribution is 7.89. The van der Waals surface area contributed by atoms with E-state index >= 15 is 0 Å². The zero-order chi connectivity index (χ0) is 21.8. The zero-order valence-corrected chi connectivity index (χ0v) is 16.8. The summed E-state index contributed by atoms with van der Waals surface area (Å²) < 4.78 is 38.2. The third-order valence-corrected chi connectivity index (χ3v) is 5.78. The second-order valence-corrected chi connectivity index (χ2v) is 8.17. The number of hydrogen-bond donors (Lipinski definition) is 1. The van der Waals surface area contributed by atoms with Crippen LogP contribution in [0, 0.1) is 0 Å². The first-order chi connectivity index (χ1) is 14.9. The molecule has 0 aliphatic heterocycles. The van der Waals surface area contributed by atoms with Crippen LogP contribution in [0.2, 0.25) is 0 Å². The predicted molar refractivity (Wildman–Crippen MR) is 108 cm³/mol. The highest BCUT2D eigenvalue weighted by Gasteiger charge is 2.16. The van der Waals surface area contributed by atoms with Crippen molar-refractivity contribution in [3.63, 3.8) is 0 Å². The summed E-state index contributed by atoms with van der Waals surface area (Å²) in [6.07, 6.45) is 1.45. The van der Waals surface area contributed by atoms with Gasteiger partial charge in [0.05, 0.1) is 28.7 Å². The SMILES string of the molecule is O=C(OCn1nnc2ccccc2c1=O)c1ccc(S(=O)(=O)NCc2ccco2)cc1. The first-order valence-corrected chi connectivity index (χ1v) is 10.5. The molecule has 0 aliphatic carbocycles. The number of sulfonamides is 1. The van der Waals surface area contributed by atoms with Crippen molar-refractivity contribution in [2.75, 3.05) is 0 Å². The van der Waals surface area contributed by atoms with Crippen molar-refractivity contribution in [2.45, 2.75) is 18.2 Å². The normalized spacial score (nSPS) is 11.5. The summed E-state index contributed by atoms with van der Waals surface area (Å²) in [5.74, 6) is -0.273. The highest BCUT2D eigenvalue weighted by atomic mass is 32.2. The van der Waals surface area contributed by atoms with Crippen LogP contribution in [-0.2, 0) is 28.0 Å². The van der Waals surface area contributed by atoms with Crippen LogP contribution in [0.15, 0.2) is 81.0 Å². The second-order valence-electron chi connectivity index (χ2n) is 6.40. The molecule has 0 spiro atoms. The molecule has 0 fully saturated rings. The monoisotopic (exact) mass is 440 g/mol. The lowest BCUT2D eigenvalue weighted by Crippen LogP contribution is -2.26. The van der Waals surface area contributed by atoms with E-state index in [0.717, 1.165) is 4.68 Å². The van der Waals surface area contributed by atoms with E-state index in [4.69, 9.17) is 9.15 Å². The summed E-state index contributed by atoms with van der Waals surface area (Å²) in [4.78, 5) is 24.6. The number of aromatic nitrogens is 3. The Bertz CT molecular complexity index is 1380. The van der Waals surface area contributed by atoms with Gasteiger partial charge in [0.1, 0.15) is 11.3 Å². The molecular formula is C20H16N4O6S. The number of ether oxygens (including phenoxy) is 1. The van der Waals surface area contributed by atoms with Crippen LogP contribution in [0.4, 0.5) is 0 Å². The lowest BCUT2D eigenvalue weighted by Gasteiger charge is -2.08. The molecule has 2 heterocycles. The minimum atomic E-state index is -3.79. The third kappa shape index (κ3) is 4.52. The average molecular weight is 440 g/mol. The van der Waals surface area contributed by atoms with E-state index < -0.39 is 28.3 Å². The van der Waals surface area contributed by atoms with Crippen LogP contribution >= 0.6 is 0 Å². The summed E-state index contributed by atoms with van der Waals surface area (Å²) in [5.41, 5.74) is 0.113. The third-order valence-electron chi connectivity index (χ3n) is 4.36. The number of benzene rings is 2. The van der Waals surface area contributed by atoms with E-state index in [9.17, 15) is 18.0 Å². The number of nitrogens with one attached hydrogen (secondary N) is 1. The Morgan fingerprint density at radius 1 is 1.06 bits per heavy atom. The Hall–Kier alpha value is -3.83. The Morgan fingerprint density at radius 3 is 2.58 bits per heavy atom. The maximum atomic E-state index is 12.4. The Labute approximate surface area is 176 Å². The van der Waals surface area contributed by atoms with Gasteiger partial charge in [-0.3, -0.25) is 4.79 Å². The fourth-order valence-corrected chi connectivity index (χ4v) is 3.74. The predicted octanol–water partition coefficient (Wildman–Crippen LogP) is 1.68. The summed E-state index contributed by atoms with van der Waals surface area (Å²) in [6.45, 7) is -0.430. The molecule has 0 radical (unpaired) electrons. The van der Waals surface area contributed by atoms with Gasteiger partial charge in [0.2, 0.25) is 10.0 Å². The molecule has 0 saturated carbocycles. The number of carbonyl (C=O) groups excluding carboxylic acids is 1. The fraction of sp³-hybridized carbons (Fsp3) is 0.100. The summed E-state index contributed by atoms with van der Waals surface area (Å²) in [7, 11) is -3.79. The standard InChI is InChI=1S/C20H16N4O6S/c25-19-17-5-1-2-6-18(17)22-23-24(19)13-30-20(26)14-7-9-16(10-8-14)31(27,28)21-12-15-4-3-11-29-15/h1-11,21H,12-13H2. The van der Waals surface area contributed by atoms with Gasteiger partial charge in [0.25, 0.3) is 5.56 Å². The van der Waals surface area contributed by atoms with Gasteiger partial charge in [0, 0.05) is 0 Å². The summed E-state index contributed by atoms with van der Waals surface area (Å²) >= 11 is 0. The lowest BCUT2D eigenvalue weighted by atomic mass is 10.2. The molecule has 11 heteroatoms. The van der Waals surface area contributed by atoms with E-state index in [0.29, 0.717) is 16.7 Å². The number of nitrogens with zero attached hydrogens (tertiary/aromatic N) is 3. The van der Waals surface area contributed by atoms with Crippen molar-refractivity contribution in [1.82, 2.24) is 19.7 Å². The van der Waals surface area contributed by atoms with Crippen molar-refractivity contribution in [2.24, 2.45) is 0 Å². The van der Waals surface area contributed by atoms with Crippen molar-refractivity contribution in [3.8, 4) is 0 Å². The number of carbonyl (C=O) groups is 1. The molecule has 2 aromatic heterocycles. The molecular weight excluding hydrogens is 424 g/mol. The number of furan rings is 1. The molecule has 2 aromatic carbocycles. The van der Waals surface area contributed by atoms with Gasteiger partial charge in [-0.05, 0) is 48.5 Å². The minimum absolute atomic E-state index is 0.000666. The van der Waals surface area contributed by atoms with Crippen LogP contribution in [0.3, 0.4) is 0 Å². The molecule has 0 atom stereocenters. The van der Waals surface area contributed by atoms with Gasteiger partial charge < -0.3 is 9.15 Å². The topological polar surface area (TPSA) is 133 Å². The Balaban J connectivity index is 1.41. The van der Waals surface area contributed by atoms with E-state index in [1.807, 2.05) is 0 Å². The molecule has 4 rings (SSSR count). The molecule has 0 unspecified atom stereocenters. The molecule has 31 heavy (non-hydrogen) atoms. The summed E-state index contributed by atoms with van der Waals surface area (Å²) in [5, 5.41) is 8.00. The van der Waals surface area contributed by atoms with E-state index in [1.165, 1.54) is 30.5 Å². The molecule has 0 saturated heterocycles. The lowest BCUT2D eigenvalue weighted by molar-refractivity contribution is 0.0336. The Morgan fingerprint density at radius 2 is 1.84 bits per heavy atom. The van der Waals surface area contributed by atoms with Gasteiger partial charge in [-0.1, -0.05) is 17.3 Å². The second kappa shape index (κ2) is 8.50.